The highest BCUT2D eigenvalue weighted by molar-refractivity contribution is 6.34. The molecule has 2 amide bonds. The van der Waals surface area contributed by atoms with Gasteiger partial charge in [0.1, 0.15) is 13.6 Å². The third-order valence-electron chi connectivity index (χ3n) is 7.74. The van der Waals surface area contributed by atoms with Gasteiger partial charge >= 0.3 is 0 Å². The first kappa shape index (κ1) is 30.1. The number of nitrogens with one attached hydrogen (secondary N) is 3. The van der Waals surface area contributed by atoms with Crippen molar-refractivity contribution < 1.29 is 19.1 Å². The fourth-order valence-corrected chi connectivity index (χ4v) is 5.35. The molecule has 43 heavy (non-hydrogen) atoms. The minimum absolute atomic E-state index is 0.257. The largest absolute Gasteiger partial charge is 0.497 e. The highest BCUT2D eigenvalue weighted by Crippen LogP contribution is 2.31. The van der Waals surface area contributed by atoms with E-state index in [0.717, 1.165) is 46.4 Å². The van der Waals surface area contributed by atoms with Gasteiger partial charge in [0.05, 0.1) is 24.4 Å². The zero-order valence-electron chi connectivity index (χ0n) is 24.9. The molecule has 5 rings (SSSR count). The molecule has 0 spiro atoms. The fraction of sp³-hybridized carbons (Fsp3) is 0.375. The van der Waals surface area contributed by atoms with Crippen molar-refractivity contribution in [2.24, 2.45) is 0 Å². The van der Waals surface area contributed by atoms with E-state index < -0.39 is 0 Å². The number of carbonyl (C=O) groups excluding carboxylic acids is 2. The van der Waals surface area contributed by atoms with E-state index in [1.807, 2.05) is 23.9 Å². The standard InChI is InChI=1S/C32H37BN6O4/c1-4-27-24(29(37-23-11-13-43-14-12-23)25-19-36-39(5-2)30(25)38-27)18-35-32(41)22-8-6-7-21(16-22)31(40)34-17-20-9-10-28(42-3)26(33)15-20/h6-10,15-16,19,23H,4-5,11-14,17-18H2,1-3H3,(H,34,40)(H,35,41)(H,37,38). The van der Waals surface area contributed by atoms with E-state index in [0.29, 0.717) is 48.5 Å². The van der Waals surface area contributed by atoms with Crippen LogP contribution in [0.1, 0.15) is 64.2 Å². The summed E-state index contributed by atoms with van der Waals surface area (Å²) in [6.45, 7) is 6.81. The number of aryl methyl sites for hydroxylation is 2. The van der Waals surface area contributed by atoms with E-state index in [2.05, 4.69) is 28.0 Å². The van der Waals surface area contributed by atoms with Crippen molar-refractivity contribution in [2.45, 2.75) is 58.8 Å². The van der Waals surface area contributed by atoms with Gasteiger partial charge in [0.2, 0.25) is 0 Å². The van der Waals surface area contributed by atoms with Crippen LogP contribution in [0.4, 0.5) is 5.69 Å². The molecule has 0 aliphatic carbocycles. The number of ether oxygens (including phenoxy) is 2. The summed E-state index contributed by atoms with van der Waals surface area (Å²) in [6, 6.07) is 12.3. The van der Waals surface area contributed by atoms with Crippen LogP contribution in [0.2, 0.25) is 0 Å². The Labute approximate surface area is 253 Å². The molecular weight excluding hydrogens is 543 g/mol. The van der Waals surface area contributed by atoms with Crippen molar-refractivity contribution in [3.63, 3.8) is 0 Å². The molecule has 2 radical (unpaired) electrons. The topological polar surface area (TPSA) is 119 Å². The highest BCUT2D eigenvalue weighted by Gasteiger charge is 2.22. The summed E-state index contributed by atoms with van der Waals surface area (Å²) in [5.41, 5.74) is 5.77. The first-order chi connectivity index (χ1) is 20.9. The summed E-state index contributed by atoms with van der Waals surface area (Å²) in [5.74, 6) is 0.0157. The van der Waals surface area contributed by atoms with Gasteiger partial charge in [-0.2, -0.15) is 5.10 Å². The smallest absolute Gasteiger partial charge is 0.251 e. The molecule has 4 aromatic rings. The molecule has 1 fully saturated rings. The lowest BCUT2D eigenvalue weighted by Crippen LogP contribution is -2.30. The molecule has 222 valence electrons. The van der Waals surface area contributed by atoms with Crippen LogP contribution in [0.5, 0.6) is 5.75 Å². The summed E-state index contributed by atoms with van der Waals surface area (Å²) in [7, 11) is 7.54. The molecule has 2 aromatic heterocycles. The lowest BCUT2D eigenvalue weighted by Gasteiger charge is -2.26. The number of amides is 2. The number of aromatic nitrogens is 3. The van der Waals surface area contributed by atoms with Gasteiger partial charge in [0.25, 0.3) is 11.8 Å². The Balaban J connectivity index is 1.32. The normalized spacial score (nSPS) is 13.6. The maximum atomic E-state index is 13.3. The van der Waals surface area contributed by atoms with Gasteiger partial charge in [0, 0.05) is 61.3 Å². The number of pyridine rings is 1. The Hall–Kier alpha value is -4.38. The molecule has 1 aliphatic heterocycles. The van der Waals surface area contributed by atoms with E-state index >= 15 is 0 Å². The molecule has 0 saturated carbocycles. The molecule has 3 heterocycles. The van der Waals surface area contributed by atoms with E-state index in [1.165, 1.54) is 0 Å². The third-order valence-corrected chi connectivity index (χ3v) is 7.74. The Bertz CT molecular complexity index is 1620. The predicted molar refractivity (Wildman–Crippen MR) is 167 cm³/mol. The Morgan fingerprint density at radius 2 is 1.77 bits per heavy atom. The van der Waals surface area contributed by atoms with Crippen molar-refractivity contribution in [1.29, 1.82) is 0 Å². The van der Waals surface area contributed by atoms with Crippen LogP contribution < -0.4 is 26.2 Å². The first-order valence-electron chi connectivity index (χ1n) is 14.7. The number of nitrogens with zero attached hydrogens (tertiary/aromatic N) is 3. The molecule has 10 nitrogen and oxygen atoms in total. The van der Waals surface area contributed by atoms with Crippen molar-refractivity contribution >= 4 is 41.8 Å². The lowest BCUT2D eigenvalue weighted by molar-refractivity contribution is 0.0904. The van der Waals surface area contributed by atoms with Crippen LogP contribution in [0, 0.1) is 0 Å². The molecule has 1 saturated heterocycles. The van der Waals surface area contributed by atoms with Gasteiger partial charge in [-0.15, -0.1) is 0 Å². The second-order valence-corrected chi connectivity index (χ2v) is 10.5. The van der Waals surface area contributed by atoms with E-state index in [4.69, 9.17) is 22.3 Å². The number of hydrogen-bond acceptors (Lipinski definition) is 7. The fourth-order valence-electron chi connectivity index (χ4n) is 5.35. The minimum Gasteiger partial charge on any atom is -0.497 e. The summed E-state index contributed by atoms with van der Waals surface area (Å²) >= 11 is 0. The van der Waals surface area contributed by atoms with Crippen LogP contribution in [0.25, 0.3) is 11.0 Å². The van der Waals surface area contributed by atoms with Gasteiger partial charge in [0.15, 0.2) is 5.65 Å². The lowest BCUT2D eigenvalue weighted by atomic mass is 9.93. The third kappa shape index (κ3) is 6.83. The molecule has 0 unspecified atom stereocenters. The molecular formula is C32H37BN6O4. The molecule has 3 N–H and O–H groups in total. The SMILES string of the molecule is [B]c1cc(CNC(=O)c2cccc(C(=O)NCc3c(CC)nc4c(cnn4CC)c3NC3CCOCC3)c2)ccc1OC. The van der Waals surface area contributed by atoms with Crippen LogP contribution in [0.15, 0.2) is 48.7 Å². The van der Waals surface area contributed by atoms with E-state index in [-0.39, 0.29) is 30.9 Å². The Morgan fingerprint density at radius 1 is 1.05 bits per heavy atom. The van der Waals surface area contributed by atoms with Crippen LogP contribution in [-0.2, 0) is 30.8 Å². The molecule has 11 heteroatoms. The number of benzene rings is 2. The average Bonchev–Trinajstić information content (AvgIpc) is 3.46. The van der Waals surface area contributed by atoms with Gasteiger partial charge in [-0.25, -0.2) is 9.67 Å². The Morgan fingerprint density at radius 3 is 2.42 bits per heavy atom. The molecule has 1 aliphatic rings. The van der Waals surface area contributed by atoms with Crippen molar-refractivity contribution in [1.82, 2.24) is 25.4 Å². The summed E-state index contributed by atoms with van der Waals surface area (Å²) < 4.78 is 12.6. The monoisotopic (exact) mass is 580 g/mol. The predicted octanol–water partition coefficient (Wildman–Crippen LogP) is 3.27. The molecule has 2 aromatic carbocycles. The van der Waals surface area contributed by atoms with Crippen LogP contribution in [-0.4, -0.2) is 60.8 Å². The highest BCUT2D eigenvalue weighted by atomic mass is 16.5. The molecule has 0 bridgehead atoms. The van der Waals surface area contributed by atoms with E-state index in [1.54, 1.807) is 43.5 Å². The van der Waals surface area contributed by atoms with Gasteiger partial charge in [-0.05, 0) is 56.0 Å². The summed E-state index contributed by atoms with van der Waals surface area (Å²) in [4.78, 5) is 31.2. The number of anilines is 1. The first-order valence-corrected chi connectivity index (χ1v) is 14.7. The average molecular weight is 580 g/mol. The summed E-state index contributed by atoms with van der Waals surface area (Å²) in [6.07, 6.45) is 4.36. The van der Waals surface area contributed by atoms with Crippen LogP contribution >= 0.6 is 0 Å². The minimum atomic E-state index is -0.289. The number of hydrogen-bond donors (Lipinski definition) is 3. The quantitative estimate of drug-likeness (QED) is 0.233. The van der Waals surface area contributed by atoms with Crippen molar-refractivity contribution in [2.75, 3.05) is 25.6 Å². The number of rotatable bonds is 11. The maximum Gasteiger partial charge on any atom is 0.251 e. The van der Waals surface area contributed by atoms with Gasteiger partial charge in [-0.1, -0.05) is 30.6 Å². The second-order valence-electron chi connectivity index (χ2n) is 10.5. The second kappa shape index (κ2) is 13.7. The zero-order valence-corrected chi connectivity index (χ0v) is 24.9. The molecule has 0 atom stereocenters. The number of carbonyl (C=O) groups is 2. The van der Waals surface area contributed by atoms with Gasteiger partial charge in [-0.3, -0.25) is 9.59 Å². The number of methoxy groups -OCH3 is 1. The number of fused-ring (bicyclic) bond motifs is 1. The summed E-state index contributed by atoms with van der Waals surface area (Å²) in [5, 5.41) is 15.2. The van der Waals surface area contributed by atoms with E-state index in [9.17, 15) is 9.59 Å². The Kier molecular flexibility index (Phi) is 9.61. The van der Waals surface area contributed by atoms with Crippen molar-refractivity contribution in [3.8, 4) is 5.75 Å². The maximum absolute atomic E-state index is 13.3. The van der Waals surface area contributed by atoms with Crippen molar-refractivity contribution in [3.05, 3.63) is 76.6 Å². The van der Waals surface area contributed by atoms with Gasteiger partial charge < -0.3 is 25.4 Å². The zero-order chi connectivity index (χ0) is 30.3. The van der Waals surface area contributed by atoms with Crippen LogP contribution in [0.3, 0.4) is 0 Å².